The van der Waals surface area contributed by atoms with E-state index in [1.165, 1.54) is 0 Å². The number of rotatable bonds is 2. The van der Waals surface area contributed by atoms with Gasteiger partial charge in [-0.05, 0) is 38.4 Å². The summed E-state index contributed by atoms with van der Waals surface area (Å²) in [6.45, 7) is 2.60. The van der Waals surface area contributed by atoms with Crippen molar-refractivity contribution in [1.82, 2.24) is 9.80 Å². The van der Waals surface area contributed by atoms with E-state index in [9.17, 15) is 4.79 Å². The third-order valence-electron chi connectivity index (χ3n) is 3.87. The standard InChI is InChI=1S/C15H17ClN2O2/c1-17-5-6-18(2)12(9-17)15(19)14-8-10-7-11(16)3-4-13(10)20-14/h3-4,7-8,12H,5-6,9H2,1-2H3. The number of nitrogens with zero attached hydrogens (tertiary/aromatic N) is 2. The lowest BCUT2D eigenvalue weighted by Crippen LogP contribution is -2.53. The van der Waals surface area contributed by atoms with E-state index in [0.717, 1.165) is 25.0 Å². The molecule has 2 aromatic rings. The van der Waals surface area contributed by atoms with Gasteiger partial charge < -0.3 is 9.32 Å². The molecule has 20 heavy (non-hydrogen) atoms. The number of furan rings is 1. The molecule has 1 fully saturated rings. The van der Waals surface area contributed by atoms with Crippen molar-refractivity contribution in [2.24, 2.45) is 0 Å². The molecule has 5 heteroatoms. The highest BCUT2D eigenvalue weighted by atomic mass is 35.5. The fraction of sp³-hybridized carbons (Fsp3) is 0.400. The molecule has 1 aliphatic rings. The summed E-state index contributed by atoms with van der Waals surface area (Å²) in [6.07, 6.45) is 0. The van der Waals surface area contributed by atoms with E-state index in [4.69, 9.17) is 16.0 Å². The van der Waals surface area contributed by atoms with Gasteiger partial charge in [-0.2, -0.15) is 0 Å². The molecule has 4 nitrogen and oxygen atoms in total. The molecule has 0 spiro atoms. The van der Waals surface area contributed by atoms with Gasteiger partial charge in [0.2, 0.25) is 5.78 Å². The smallest absolute Gasteiger partial charge is 0.216 e. The van der Waals surface area contributed by atoms with Crippen LogP contribution in [0.15, 0.2) is 28.7 Å². The van der Waals surface area contributed by atoms with Crippen molar-refractivity contribution in [3.8, 4) is 0 Å². The fourth-order valence-corrected chi connectivity index (χ4v) is 2.77. The molecule has 1 aliphatic heterocycles. The zero-order chi connectivity index (χ0) is 14.3. The minimum atomic E-state index is -0.148. The lowest BCUT2D eigenvalue weighted by Gasteiger charge is -2.36. The highest BCUT2D eigenvalue weighted by molar-refractivity contribution is 6.31. The summed E-state index contributed by atoms with van der Waals surface area (Å²) in [5, 5.41) is 1.51. The Balaban J connectivity index is 1.91. The number of hydrogen-bond acceptors (Lipinski definition) is 4. The molecule has 0 N–H and O–H groups in total. The van der Waals surface area contributed by atoms with Gasteiger partial charge in [-0.15, -0.1) is 0 Å². The van der Waals surface area contributed by atoms with Crippen LogP contribution in [0, 0.1) is 0 Å². The summed E-state index contributed by atoms with van der Waals surface area (Å²) < 4.78 is 5.67. The lowest BCUT2D eigenvalue weighted by molar-refractivity contribution is 0.0661. The monoisotopic (exact) mass is 292 g/mol. The Bertz CT molecular complexity index is 652. The van der Waals surface area contributed by atoms with Crippen LogP contribution in [0.25, 0.3) is 11.0 Å². The summed E-state index contributed by atoms with van der Waals surface area (Å²) in [7, 11) is 4.01. The number of piperazine rings is 1. The first kappa shape index (κ1) is 13.6. The molecule has 0 saturated carbocycles. The Morgan fingerprint density at radius 1 is 1.30 bits per heavy atom. The molecule has 1 aromatic heterocycles. The quantitative estimate of drug-likeness (QED) is 0.797. The number of halogens is 1. The van der Waals surface area contributed by atoms with Gasteiger partial charge in [0.1, 0.15) is 5.58 Å². The molecular weight excluding hydrogens is 276 g/mol. The number of ketones is 1. The number of Topliss-reactive ketones (excluding diaryl/α,β-unsaturated/α-hetero) is 1. The predicted octanol–water partition coefficient (Wildman–Crippen LogP) is 2.51. The van der Waals surface area contributed by atoms with Gasteiger partial charge in [-0.3, -0.25) is 9.69 Å². The Hall–Kier alpha value is -1.36. The number of carbonyl (C=O) groups is 1. The van der Waals surface area contributed by atoms with Gasteiger partial charge in [0.15, 0.2) is 5.76 Å². The summed E-state index contributed by atoms with van der Waals surface area (Å²) in [6, 6.07) is 7.01. The van der Waals surface area contributed by atoms with E-state index >= 15 is 0 Å². The summed E-state index contributed by atoms with van der Waals surface area (Å²) in [4.78, 5) is 16.9. The molecule has 1 aromatic carbocycles. The van der Waals surface area contributed by atoms with Crippen LogP contribution < -0.4 is 0 Å². The third kappa shape index (κ3) is 2.46. The van der Waals surface area contributed by atoms with Gasteiger partial charge >= 0.3 is 0 Å². The first-order valence-electron chi connectivity index (χ1n) is 6.66. The Morgan fingerprint density at radius 3 is 2.90 bits per heavy atom. The van der Waals surface area contributed by atoms with Crippen LogP contribution in [0.3, 0.4) is 0 Å². The van der Waals surface area contributed by atoms with Crippen LogP contribution in [0.2, 0.25) is 5.02 Å². The van der Waals surface area contributed by atoms with Crippen molar-refractivity contribution < 1.29 is 9.21 Å². The van der Waals surface area contributed by atoms with Crippen LogP contribution in [0.1, 0.15) is 10.6 Å². The maximum absolute atomic E-state index is 12.6. The molecule has 2 heterocycles. The van der Waals surface area contributed by atoms with Crippen molar-refractivity contribution in [2.45, 2.75) is 6.04 Å². The minimum absolute atomic E-state index is 0.0337. The van der Waals surface area contributed by atoms with Crippen LogP contribution in [0.4, 0.5) is 0 Å². The van der Waals surface area contributed by atoms with Crippen molar-refractivity contribution in [3.63, 3.8) is 0 Å². The van der Waals surface area contributed by atoms with E-state index in [2.05, 4.69) is 9.80 Å². The van der Waals surface area contributed by atoms with Gasteiger partial charge in [-0.1, -0.05) is 11.6 Å². The molecule has 0 aliphatic carbocycles. The number of benzene rings is 1. The topological polar surface area (TPSA) is 36.7 Å². The predicted molar refractivity (Wildman–Crippen MR) is 79.5 cm³/mol. The molecule has 0 radical (unpaired) electrons. The van der Waals surface area contributed by atoms with E-state index in [-0.39, 0.29) is 11.8 Å². The van der Waals surface area contributed by atoms with Gasteiger partial charge in [0, 0.05) is 30.0 Å². The van der Waals surface area contributed by atoms with Gasteiger partial charge in [0.05, 0.1) is 6.04 Å². The summed E-state index contributed by atoms with van der Waals surface area (Å²) in [5.74, 6) is 0.445. The third-order valence-corrected chi connectivity index (χ3v) is 4.11. The van der Waals surface area contributed by atoms with Crippen molar-refractivity contribution in [2.75, 3.05) is 33.7 Å². The van der Waals surface area contributed by atoms with Crippen LogP contribution in [0.5, 0.6) is 0 Å². The Morgan fingerprint density at radius 2 is 2.10 bits per heavy atom. The van der Waals surface area contributed by atoms with E-state index in [0.29, 0.717) is 16.4 Å². The highest BCUT2D eigenvalue weighted by Crippen LogP contribution is 2.24. The summed E-state index contributed by atoms with van der Waals surface area (Å²) in [5.41, 5.74) is 0.699. The molecule has 0 bridgehead atoms. The van der Waals surface area contributed by atoms with Crippen molar-refractivity contribution in [1.29, 1.82) is 0 Å². The molecule has 3 rings (SSSR count). The van der Waals surface area contributed by atoms with Crippen LogP contribution >= 0.6 is 11.6 Å². The first-order chi connectivity index (χ1) is 9.54. The molecular formula is C15H17ClN2O2. The van der Waals surface area contributed by atoms with Crippen LogP contribution in [-0.4, -0.2) is 55.4 Å². The molecule has 0 amide bonds. The second-order valence-corrected chi connectivity index (χ2v) is 5.85. The molecule has 1 atom stereocenters. The second kappa shape index (κ2) is 5.20. The molecule has 1 unspecified atom stereocenters. The van der Waals surface area contributed by atoms with Gasteiger partial charge in [-0.25, -0.2) is 0 Å². The molecule has 106 valence electrons. The van der Waals surface area contributed by atoms with E-state index in [1.807, 2.05) is 20.2 Å². The van der Waals surface area contributed by atoms with Gasteiger partial charge in [0.25, 0.3) is 0 Å². The van der Waals surface area contributed by atoms with Crippen molar-refractivity contribution >= 4 is 28.4 Å². The minimum Gasteiger partial charge on any atom is -0.453 e. The number of hydrogen-bond donors (Lipinski definition) is 0. The lowest BCUT2D eigenvalue weighted by atomic mass is 10.1. The normalized spacial score (nSPS) is 21.4. The average molecular weight is 293 g/mol. The van der Waals surface area contributed by atoms with E-state index in [1.54, 1.807) is 18.2 Å². The number of likely N-dealkylation sites (N-methyl/N-ethyl adjacent to an activating group) is 2. The Labute approximate surface area is 122 Å². The SMILES string of the molecule is CN1CCN(C)C(C(=O)c2cc3cc(Cl)ccc3o2)C1. The number of carbonyl (C=O) groups excluding carboxylic acids is 1. The second-order valence-electron chi connectivity index (χ2n) is 5.42. The highest BCUT2D eigenvalue weighted by Gasteiger charge is 2.31. The maximum atomic E-state index is 12.6. The molecule has 1 saturated heterocycles. The maximum Gasteiger partial charge on any atom is 0.216 e. The van der Waals surface area contributed by atoms with E-state index < -0.39 is 0 Å². The largest absolute Gasteiger partial charge is 0.453 e. The number of fused-ring (bicyclic) bond motifs is 1. The summed E-state index contributed by atoms with van der Waals surface area (Å²) >= 11 is 5.96. The van der Waals surface area contributed by atoms with Crippen molar-refractivity contribution in [3.05, 3.63) is 35.0 Å². The zero-order valence-electron chi connectivity index (χ0n) is 11.6. The first-order valence-corrected chi connectivity index (χ1v) is 7.04. The van der Waals surface area contributed by atoms with Crippen LogP contribution in [-0.2, 0) is 0 Å². The zero-order valence-corrected chi connectivity index (χ0v) is 12.4. The Kier molecular flexibility index (Phi) is 3.54. The fourth-order valence-electron chi connectivity index (χ4n) is 2.59. The average Bonchev–Trinajstić information content (AvgIpc) is 2.83.